The van der Waals surface area contributed by atoms with E-state index in [1.165, 1.54) is 18.3 Å². The molecule has 6 nitrogen and oxygen atoms in total. The van der Waals surface area contributed by atoms with Gasteiger partial charge in [0.25, 0.3) is 5.91 Å². The molecule has 0 saturated carbocycles. The fourth-order valence-electron chi connectivity index (χ4n) is 2.61. The smallest absolute Gasteiger partial charge is 0.270 e. The topological polar surface area (TPSA) is 88.2 Å². The zero-order valence-electron chi connectivity index (χ0n) is 13.4. The number of anilines is 1. The average Bonchev–Trinajstić information content (AvgIpc) is 2.93. The number of amides is 1. The molecule has 1 saturated heterocycles. The Labute approximate surface area is 145 Å². The van der Waals surface area contributed by atoms with E-state index in [1.54, 1.807) is 24.3 Å². The summed E-state index contributed by atoms with van der Waals surface area (Å²) in [6, 6.07) is 9.11. The monoisotopic (exact) mass is 363 g/mol. The van der Waals surface area contributed by atoms with Crippen LogP contribution in [0.5, 0.6) is 0 Å². The normalized spacial score (nSPS) is 18.7. The Bertz CT molecular complexity index is 852. The van der Waals surface area contributed by atoms with E-state index in [2.05, 4.69) is 15.6 Å². The zero-order chi connectivity index (χ0) is 17.9. The molecule has 8 heteroatoms. The van der Waals surface area contributed by atoms with Gasteiger partial charge < -0.3 is 10.6 Å². The molecule has 0 radical (unpaired) electrons. The summed E-state index contributed by atoms with van der Waals surface area (Å²) in [5.74, 6) is -0.573. The molecule has 1 atom stereocenters. The Morgan fingerprint density at radius 3 is 2.56 bits per heavy atom. The molecular formula is C17H18FN3O3S. The van der Waals surface area contributed by atoms with Crippen molar-refractivity contribution in [3.8, 4) is 0 Å². The van der Waals surface area contributed by atoms with E-state index in [0.29, 0.717) is 13.0 Å². The number of nitrogens with one attached hydrogen (secondary N) is 2. The lowest BCUT2D eigenvalue weighted by molar-refractivity contribution is 0.0936. The fourth-order valence-corrected chi connectivity index (χ4v) is 4.28. The van der Waals surface area contributed by atoms with E-state index < -0.39 is 9.84 Å². The van der Waals surface area contributed by atoms with Crippen LogP contribution in [-0.2, 0) is 16.4 Å². The molecule has 25 heavy (non-hydrogen) atoms. The second-order valence-corrected chi connectivity index (χ2v) is 8.21. The van der Waals surface area contributed by atoms with Crippen LogP contribution in [0.3, 0.4) is 0 Å². The number of pyridine rings is 1. The predicted octanol–water partition coefficient (Wildman–Crippen LogP) is 1.75. The SMILES string of the molecule is O=C(NC1CCS(=O)(=O)C1)c1ccc(NCc2ccc(F)cc2)cn1. The summed E-state index contributed by atoms with van der Waals surface area (Å²) in [6.45, 7) is 0.507. The van der Waals surface area contributed by atoms with Gasteiger partial charge in [-0.25, -0.2) is 17.8 Å². The third kappa shape index (κ3) is 4.76. The van der Waals surface area contributed by atoms with Crippen LogP contribution in [0.2, 0.25) is 0 Å². The first-order chi connectivity index (χ1) is 11.9. The number of hydrogen-bond acceptors (Lipinski definition) is 5. The van der Waals surface area contributed by atoms with Gasteiger partial charge in [-0.1, -0.05) is 12.1 Å². The number of aromatic nitrogens is 1. The van der Waals surface area contributed by atoms with E-state index in [9.17, 15) is 17.6 Å². The second-order valence-electron chi connectivity index (χ2n) is 5.99. The predicted molar refractivity (Wildman–Crippen MR) is 92.5 cm³/mol. The number of nitrogens with zero attached hydrogens (tertiary/aromatic N) is 1. The Morgan fingerprint density at radius 1 is 1.20 bits per heavy atom. The zero-order valence-corrected chi connectivity index (χ0v) is 14.2. The first-order valence-electron chi connectivity index (χ1n) is 7.87. The molecule has 0 aliphatic carbocycles. The van der Waals surface area contributed by atoms with Gasteiger partial charge in [0.2, 0.25) is 0 Å². The van der Waals surface area contributed by atoms with Gasteiger partial charge in [0, 0.05) is 12.6 Å². The Hall–Kier alpha value is -2.48. The lowest BCUT2D eigenvalue weighted by atomic mass is 10.2. The van der Waals surface area contributed by atoms with Crippen molar-refractivity contribution in [2.45, 2.75) is 19.0 Å². The molecule has 1 unspecified atom stereocenters. The summed E-state index contributed by atoms with van der Waals surface area (Å²) in [6.07, 6.45) is 1.97. The van der Waals surface area contributed by atoms with E-state index >= 15 is 0 Å². The summed E-state index contributed by atoms with van der Waals surface area (Å²) >= 11 is 0. The van der Waals surface area contributed by atoms with Gasteiger partial charge in [0.1, 0.15) is 11.5 Å². The quantitative estimate of drug-likeness (QED) is 0.845. The van der Waals surface area contributed by atoms with Crippen molar-refractivity contribution < 1.29 is 17.6 Å². The van der Waals surface area contributed by atoms with Gasteiger partial charge in [-0.15, -0.1) is 0 Å². The van der Waals surface area contributed by atoms with Crippen molar-refractivity contribution in [2.24, 2.45) is 0 Å². The second kappa shape index (κ2) is 7.18. The van der Waals surface area contributed by atoms with E-state index in [0.717, 1.165) is 11.3 Å². The first-order valence-corrected chi connectivity index (χ1v) is 9.69. The number of benzene rings is 1. The number of carbonyl (C=O) groups is 1. The third-order valence-electron chi connectivity index (χ3n) is 3.97. The summed E-state index contributed by atoms with van der Waals surface area (Å²) in [7, 11) is -3.04. The molecule has 1 aromatic carbocycles. The number of rotatable bonds is 5. The number of carbonyl (C=O) groups excluding carboxylic acids is 1. The summed E-state index contributed by atoms with van der Waals surface area (Å²) in [5.41, 5.74) is 1.88. The molecule has 0 bridgehead atoms. The average molecular weight is 363 g/mol. The van der Waals surface area contributed by atoms with Crippen molar-refractivity contribution in [2.75, 3.05) is 16.8 Å². The van der Waals surface area contributed by atoms with Crippen molar-refractivity contribution in [1.82, 2.24) is 10.3 Å². The van der Waals surface area contributed by atoms with Crippen LogP contribution in [0.25, 0.3) is 0 Å². The van der Waals surface area contributed by atoms with Gasteiger partial charge in [-0.3, -0.25) is 4.79 Å². The highest BCUT2D eigenvalue weighted by atomic mass is 32.2. The van der Waals surface area contributed by atoms with Crippen molar-refractivity contribution in [3.63, 3.8) is 0 Å². The van der Waals surface area contributed by atoms with Gasteiger partial charge in [-0.2, -0.15) is 0 Å². The highest BCUT2D eigenvalue weighted by Gasteiger charge is 2.29. The largest absolute Gasteiger partial charge is 0.380 e. The van der Waals surface area contributed by atoms with Crippen molar-refractivity contribution >= 4 is 21.4 Å². The maximum Gasteiger partial charge on any atom is 0.270 e. The van der Waals surface area contributed by atoms with Crippen molar-refractivity contribution in [3.05, 3.63) is 59.7 Å². The van der Waals surface area contributed by atoms with E-state index in [-0.39, 0.29) is 35.0 Å². The van der Waals surface area contributed by atoms with Gasteiger partial charge in [-0.05, 0) is 36.2 Å². The minimum absolute atomic E-state index is 0.0178. The Balaban J connectivity index is 1.54. The first kappa shape index (κ1) is 17.3. The molecule has 1 fully saturated rings. The molecule has 3 rings (SSSR count). The Kier molecular flexibility index (Phi) is 4.98. The van der Waals surface area contributed by atoms with Gasteiger partial charge in [0.05, 0.1) is 23.4 Å². The Morgan fingerprint density at radius 2 is 1.96 bits per heavy atom. The van der Waals surface area contributed by atoms with Gasteiger partial charge >= 0.3 is 0 Å². The molecule has 2 aromatic rings. The standard InChI is InChI=1S/C17H18FN3O3S/c18-13-3-1-12(2-4-13)9-19-14-5-6-16(20-10-14)17(22)21-15-7-8-25(23,24)11-15/h1-6,10,15,19H,7-9,11H2,(H,21,22). The highest BCUT2D eigenvalue weighted by molar-refractivity contribution is 7.91. The molecule has 1 amide bonds. The molecular weight excluding hydrogens is 345 g/mol. The van der Waals surface area contributed by atoms with Crippen LogP contribution < -0.4 is 10.6 Å². The minimum atomic E-state index is -3.04. The molecule has 1 aliphatic rings. The van der Waals surface area contributed by atoms with Crippen LogP contribution in [-0.4, -0.2) is 36.9 Å². The lowest BCUT2D eigenvalue weighted by Gasteiger charge is -2.11. The molecule has 0 spiro atoms. The summed E-state index contributed by atoms with van der Waals surface area (Å²) < 4.78 is 35.7. The number of halogens is 1. The fraction of sp³-hybridized carbons (Fsp3) is 0.294. The van der Waals surface area contributed by atoms with Crippen LogP contribution in [0, 0.1) is 5.82 Å². The van der Waals surface area contributed by atoms with Crippen molar-refractivity contribution in [1.29, 1.82) is 0 Å². The summed E-state index contributed by atoms with van der Waals surface area (Å²) in [5, 5.41) is 5.83. The number of sulfone groups is 1. The van der Waals surface area contributed by atoms with E-state index in [1.807, 2.05) is 0 Å². The molecule has 2 N–H and O–H groups in total. The third-order valence-corrected chi connectivity index (χ3v) is 5.74. The highest BCUT2D eigenvalue weighted by Crippen LogP contribution is 2.13. The van der Waals surface area contributed by atoms with Crippen LogP contribution >= 0.6 is 0 Å². The maximum atomic E-state index is 12.9. The van der Waals surface area contributed by atoms with Crippen LogP contribution in [0.1, 0.15) is 22.5 Å². The van der Waals surface area contributed by atoms with Crippen LogP contribution in [0.15, 0.2) is 42.6 Å². The van der Waals surface area contributed by atoms with Gasteiger partial charge in [0.15, 0.2) is 9.84 Å². The molecule has 1 aromatic heterocycles. The molecule has 132 valence electrons. The summed E-state index contributed by atoms with van der Waals surface area (Å²) in [4.78, 5) is 16.2. The molecule has 2 heterocycles. The maximum absolute atomic E-state index is 12.9. The van der Waals surface area contributed by atoms with Crippen LogP contribution in [0.4, 0.5) is 10.1 Å². The molecule has 1 aliphatic heterocycles. The minimum Gasteiger partial charge on any atom is -0.380 e. The van der Waals surface area contributed by atoms with E-state index in [4.69, 9.17) is 0 Å². The number of hydrogen-bond donors (Lipinski definition) is 2. The lowest BCUT2D eigenvalue weighted by Crippen LogP contribution is -2.36.